The predicted octanol–water partition coefficient (Wildman–Crippen LogP) is 3.84. The maximum Gasteiger partial charge on any atom is 0.490 e. The van der Waals surface area contributed by atoms with E-state index in [4.69, 9.17) is 19.2 Å². The number of piperidine rings is 1. The summed E-state index contributed by atoms with van der Waals surface area (Å²) in [6.45, 7) is 4.82. The molecule has 0 aliphatic carbocycles. The fourth-order valence-corrected chi connectivity index (χ4v) is 2.77. The second-order valence-electron chi connectivity index (χ2n) is 6.58. The molecule has 0 saturated carbocycles. The average molecular weight is 418 g/mol. The molecule has 2 heterocycles. The van der Waals surface area contributed by atoms with Crippen LogP contribution in [-0.4, -0.2) is 53.0 Å². The molecule has 160 valence electrons. The van der Waals surface area contributed by atoms with E-state index in [9.17, 15) is 17.6 Å². The molecule has 1 aliphatic rings. The Labute approximate surface area is 165 Å². The van der Waals surface area contributed by atoms with Crippen molar-refractivity contribution in [3.63, 3.8) is 0 Å². The van der Waals surface area contributed by atoms with Crippen LogP contribution in [0.1, 0.15) is 24.3 Å². The van der Waals surface area contributed by atoms with Crippen LogP contribution in [0, 0.1) is 12.7 Å². The lowest BCUT2D eigenvalue weighted by Crippen LogP contribution is -2.39. The summed E-state index contributed by atoms with van der Waals surface area (Å²) in [5.74, 6) is -1.75. The zero-order valence-corrected chi connectivity index (χ0v) is 15.8. The number of halogens is 4. The number of ether oxygens (including phenoxy) is 1. The number of aryl methyl sites for hydroxylation is 1. The van der Waals surface area contributed by atoms with Crippen molar-refractivity contribution in [3.05, 3.63) is 47.6 Å². The van der Waals surface area contributed by atoms with Gasteiger partial charge in [-0.2, -0.15) is 13.2 Å². The minimum Gasteiger partial charge on any atom is -0.487 e. The Balaban J connectivity index is 0.000000370. The van der Waals surface area contributed by atoms with Gasteiger partial charge in [-0.15, -0.1) is 0 Å². The molecule has 0 bridgehead atoms. The summed E-state index contributed by atoms with van der Waals surface area (Å²) in [7, 11) is 0. The fourth-order valence-electron chi connectivity index (χ4n) is 2.77. The highest BCUT2D eigenvalue weighted by Crippen LogP contribution is 2.22. The molecular formula is C19H22F4N2O4. The number of carboxylic acids is 1. The Bertz CT molecular complexity index is 787. The fraction of sp³-hybridized carbons (Fsp3) is 0.474. The monoisotopic (exact) mass is 418 g/mol. The third kappa shape index (κ3) is 7.72. The van der Waals surface area contributed by atoms with Crippen molar-refractivity contribution in [1.82, 2.24) is 10.1 Å². The van der Waals surface area contributed by atoms with Gasteiger partial charge in [0.15, 0.2) is 11.6 Å². The van der Waals surface area contributed by atoms with Crippen LogP contribution in [0.2, 0.25) is 0 Å². The zero-order valence-electron chi connectivity index (χ0n) is 15.8. The summed E-state index contributed by atoms with van der Waals surface area (Å²) >= 11 is 0. The van der Waals surface area contributed by atoms with E-state index in [0.717, 1.165) is 50.4 Å². The predicted molar refractivity (Wildman–Crippen MR) is 95.1 cm³/mol. The first-order valence-electron chi connectivity index (χ1n) is 9.01. The number of para-hydroxylation sites is 1. The van der Waals surface area contributed by atoms with Crippen LogP contribution in [-0.2, 0) is 11.2 Å². The standard InChI is InChI=1S/C17H21FN2O2.C2HF3O2/c1-13-12-15(22-19-13)8-11-20-9-6-14(7-10-20)21-17-5-3-2-4-16(17)18;3-2(4,5)1(6)7/h2-5,12,14H,6-11H2,1H3;(H,6,7). The van der Waals surface area contributed by atoms with Crippen molar-refractivity contribution in [1.29, 1.82) is 0 Å². The summed E-state index contributed by atoms with van der Waals surface area (Å²) in [4.78, 5) is 11.3. The van der Waals surface area contributed by atoms with Gasteiger partial charge in [-0.05, 0) is 31.9 Å². The number of nitrogens with zero attached hydrogens (tertiary/aromatic N) is 2. The highest BCUT2D eigenvalue weighted by Gasteiger charge is 2.38. The van der Waals surface area contributed by atoms with Gasteiger partial charge in [-0.25, -0.2) is 9.18 Å². The number of carboxylic acid groups (broad SMARTS) is 1. The normalized spacial score (nSPS) is 15.5. The van der Waals surface area contributed by atoms with E-state index in [-0.39, 0.29) is 11.9 Å². The number of hydrogen-bond donors (Lipinski definition) is 1. The first-order chi connectivity index (χ1) is 13.6. The van der Waals surface area contributed by atoms with E-state index < -0.39 is 12.1 Å². The molecule has 2 aromatic rings. The van der Waals surface area contributed by atoms with E-state index in [1.807, 2.05) is 13.0 Å². The maximum atomic E-state index is 13.6. The molecule has 1 saturated heterocycles. The van der Waals surface area contributed by atoms with Crippen LogP contribution in [0.4, 0.5) is 17.6 Å². The molecule has 1 aromatic carbocycles. The van der Waals surface area contributed by atoms with Gasteiger partial charge in [0.05, 0.1) is 5.69 Å². The van der Waals surface area contributed by atoms with Crippen molar-refractivity contribution >= 4 is 5.97 Å². The molecule has 0 unspecified atom stereocenters. The molecule has 0 atom stereocenters. The number of aliphatic carboxylic acids is 1. The topological polar surface area (TPSA) is 75.8 Å². The van der Waals surface area contributed by atoms with Crippen LogP contribution in [0.3, 0.4) is 0 Å². The molecule has 6 nitrogen and oxygen atoms in total. The summed E-state index contributed by atoms with van der Waals surface area (Å²) < 4.78 is 56.3. The second kappa shape index (κ2) is 10.2. The first kappa shape index (κ1) is 22.7. The Kier molecular flexibility index (Phi) is 8.00. The lowest BCUT2D eigenvalue weighted by atomic mass is 10.1. The van der Waals surface area contributed by atoms with Crippen molar-refractivity contribution in [2.24, 2.45) is 0 Å². The highest BCUT2D eigenvalue weighted by molar-refractivity contribution is 5.73. The first-order valence-corrected chi connectivity index (χ1v) is 9.01. The van der Waals surface area contributed by atoms with Gasteiger partial charge in [0, 0.05) is 32.1 Å². The number of aromatic nitrogens is 1. The van der Waals surface area contributed by atoms with Crippen LogP contribution < -0.4 is 4.74 Å². The third-order valence-electron chi connectivity index (χ3n) is 4.26. The quantitative estimate of drug-likeness (QED) is 0.744. The number of alkyl halides is 3. The Morgan fingerprint density at radius 1 is 1.31 bits per heavy atom. The van der Waals surface area contributed by atoms with Crippen LogP contribution in [0.15, 0.2) is 34.9 Å². The molecule has 29 heavy (non-hydrogen) atoms. The molecule has 0 spiro atoms. The molecule has 3 rings (SSSR count). The van der Waals surface area contributed by atoms with Gasteiger partial charge in [0.2, 0.25) is 0 Å². The minimum absolute atomic E-state index is 0.0978. The van der Waals surface area contributed by atoms with E-state index >= 15 is 0 Å². The lowest BCUT2D eigenvalue weighted by molar-refractivity contribution is -0.192. The molecule has 1 N–H and O–H groups in total. The Morgan fingerprint density at radius 3 is 2.45 bits per heavy atom. The van der Waals surface area contributed by atoms with Crippen molar-refractivity contribution < 1.29 is 36.7 Å². The van der Waals surface area contributed by atoms with E-state index in [1.165, 1.54) is 6.07 Å². The largest absolute Gasteiger partial charge is 0.490 e. The molecule has 1 aromatic heterocycles. The summed E-state index contributed by atoms with van der Waals surface area (Å²) in [5.41, 5.74) is 0.923. The number of benzene rings is 1. The molecule has 0 radical (unpaired) electrons. The van der Waals surface area contributed by atoms with Gasteiger partial charge >= 0.3 is 12.1 Å². The van der Waals surface area contributed by atoms with Gasteiger partial charge in [0.1, 0.15) is 11.9 Å². The number of carbonyl (C=O) groups is 1. The number of likely N-dealkylation sites (tertiary alicyclic amines) is 1. The number of hydrogen-bond acceptors (Lipinski definition) is 5. The van der Waals surface area contributed by atoms with Gasteiger partial charge < -0.3 is 19.3 Å². The smallest absolute Gasteiger partial charge is 0.487 e. The van der Waals surface area contributed by atoms with Crippen molar-refractivity contribution in [2.45, 2.75) is 38.5 Å². The summed E-state index contributed by atoms with van der Waals surface area (Å²) in [6, 6.07) is 8.58. The summed E-state index contributed by atoms with van der Waals surface area (Å²) in [6.07, 6.45) is -2.27. The van der Waals surface area contributed by atoms with Crippen molar-refractivity contribution in [2.75, 3.05) is 19.6 Å². The molecule has 0 amide bonds. The molecule has 1 fully saturated rings. The highest BCUT2D eigenvalue weighted by atomic mass is 19.4. The average Bonchev–Trinajstić information content (AvgIpc) is 3.08. The lowest BCUT2D eigenvalue weighted by Gasteiger charge is -2.31. The third-order valence-corrected chi connectivity index (χ3v) is 4.26. The SMILES string of the molecule is Cc1cc(CCN2CCC(Oc3ccccc3F)CC2)on1.O=C(O)C(F)(F)F. The van der Waals surface area contributed by atoms with Crippen LogP contribution in [0.5, 0.6) is 5.75 Å². The maximum absolute atomic E-state index is 13.6. The molecule has 10 heteroatoms. The zero-order chi connectivity index (χ0) is 21.4. The Hall–Kier alpha value is -2.62. The van der Waals surface area contributed by atoms with Crippen LogP contribution >= 0.6 is 0 Å². The molecule has 1 aliphatic heterocycles. The van der Waals surface area contributed by atoms with Gasteiger partial charge in [0.25, 0.3) is 0 Å². The van der Waals surface area contributed by atoms with Crippen LogP contribution in [0.25, 0.3) is 0 Å². The minimum atomic E-state index is -5.08. The number of rotatable bonds is 5. The van der Waals surface area contributed by atoms with Crippen molar-refractivity contribution in [3.8, 4) is 5.75 Å². The van der Waals surface area contributed by atoms with E-state index in [1.54, 1.807) is 18.2 Å². The summed E-state index contributed by atoms with van der Waals surface area (Å²) in [5, 5.41) is 11.0. The van der Waals surface area contributed by atoms with E-state index in [2.05, 4.69) is 10.1 Å². The van der Waals surface area contributed by atoms with Gasteiger partial charge in [-0.1, -0.05) is 17.3 Å². The Morgan fingerprint density at radius 2 is 1.93 bits per heavy atom. The molecular weight excluding hydrogens is 396 g/mol. The second-order valence-corrected chi connectivity index (χ2v) is 6.58. The van der Waals surface area contributed by atoms with Gasteiger partial charge in [-0.3, -0.25) is 0 Å². The van der Waals surface area contributed by atoms with E-state index in [0.29, 0.717) is 5.75 Å².